The SMILES string of the molecule is O=C(Nc1ccncc1)Nc1ccc(OCCc2ccccc2-c2ccccc2)cc1. The average molecular weight is 409 g/mol. The third-order valence-electron chi connectivity index (χ3n) is 4.79. The summed E-state index contributed by atoms with van der Waals surface area (Å²) >= 11 is 0. The van der Waals surface area contributed by atoms with Crippen molar-refractivity contribution in [1.29, 1.82) is 0 Å². The van der Waals surface area contributed by atoms with E-state index in [1.54, 1.807) is 24.5 Å². The molecule has 1 heterocycles. The molecule has 0 saturated carbocycles. The molecule has 31 heavy (non-hydrogen) atoms. The number of nitrogens with zero attached hydrogens (tertiary/aromatic N) is 1. The molecule has 0 aliphatic heterocycles. The molecule has 2 N–H and O–H groups in total. The predicted octanol–water partition coefficient (Wildman–Crippen LogP) is 6.01. The Morgan fingerprint density at radius 2 is 1.39 bits per heavy atom. The molecule has 2 amide bonds. The first-order valence-electron chi connectivity index (χ1n) is 10.1. The molecular weight excluding hydrogens is 386 g/mol. The number of carbonyl (C=O) groups excluding carboxylic acids is 1. The fourth-order valence-corrected chi connectivity index (χ4v) is 3.28. The van der Waals surface area contributed by atoms with Gasteiger partial charge in [-0.15, -0.1) is 0 Å². The highest BCUT2D eigenvalue weighted by atomic mass is 16.5. The van der Waals surface area contributed by atoms with E-state index in [2.05, 4.69) is 64.1 Å². The van der Waals surface area contributed by atoms with Crippen molar-refractivity contribution < 1.29 is 9.53 Å². The van der Waals surface area contributed by atoms with Gasteiger partial charge in [0.15, 0.2) is 0 Å². The Hall–Kier alpha value is -4.12. The maximum Gasteiger partial charge on any atom is 0.323 e. The van der Waals surface area contributed by atoms with E-state index in [0.717, 1.165) is 12.2 Å². The highest BCUT2D eigenvalue weighted by Crippen LogP contribution is 2.24. The monoisotopic (exact) mass is 409 g/mol. The molecular formula is C26H23N3O2. The molecule has 0 fully saturated rings. The molecule has 154 valence electrons. The van der Waals surface area contributed by atoms with Crippen LogP contribution in [0.3, 0.4) is 0 Å². The van der Waals surface area contributed by atoms with Crippen molar-refractivity contribution in [3.63, 3.8) is 0 Å². The highest BCUT2D eigenvalue weighted by molar-refractivity contribution is 5.99. The lowest BCUT2D eigenvalue weighted by Crippen LogP contribution is -2.19. The fraction of sp³-hybridized carbons (Fsp3) is 0.0769. The van der Waals surface area contributed by atoms with Gasteiger partial charge < -0.3 is 15.4 Å². The van der Waals surface area contributed by atoms with Gasteiger partial charge in [-0.25, -0.2) is 4.79 Å². The summed E-state index contributed by atoms with van der Waals surface area (Å²) in [5, 5.41) is 5.55. The third-order valence-corrected chi connectivity index (χ3v) is 4.79. The summed E-state index contributed by atoms with van der Waals surface area (Å²) in [4.78, 5) is 16.0. The standard InChI is InChI=1S/C26H23N3O2/c30-26(29-23-14-17-27-18-15-23)28-22-10-12-24(13-11-22)31-19-16-21-8-4-5-9-25(21)20-6-2-1-3-7-20/h1-15,17-18H,16,19H2,(H2,27,28,29,30). The second-order valence-electron chi connectivity index (χ2n) is 6.96. The van der Waals surface area contributed by atoms with Crippen molar-refractivity contribution in [3.8, 4) is 16.9 Å². The van der Waals surface area contributed by atoms with Gasteiger partial charge in [0.05, 0.1) is 6.61 Å². The van der Waals surface area contributed by atoms with Gasteiger partial charge in [0.25, 0.3) is 0 Å². The molecule has 0 spiro atoms. The number of rotatable bonds is 7. The smallest absolute Gasteiger partial charge is 0.323 e. The van der Waals surface area contributed by atoms with Crippen molar-refractivity contribution in [2.45, 2.75) is 6.42 Å². The van der Waals surface area contributed by atoms with Crippen LogP contribution in [0.25, 0.3) is 11.1 Å². The van der Waals surface area contributed by atoms with E-state index in [-0.39, 0.29) is 6.03 Å². The number of amides is 2. The van der Waals surface area contributed by atoms with E-state index in [4.69, 9.17) is 4.74 Å². The summed E-state index contributed by atoms with van der Waals surface area (Å²) in [5.41, 5.74) is 5.06. The van der Waals surface area contributed by atoms with Gasteiger partial charge >= 0.3 is 6.03 Å². The van der Waals surface area contributed by atoms with E-state index < -0.39 is 0 Å². The van der Waals surface area contributed by atoms with Gasteiger partial charge in [0.1, 0.15) is 5.75 Å². The zero-order chi connectivity index (χ0) is 21.3. The molecule has 3 aromatic carbocycles. The van der Waals surface area contributed by atoms with Crippen LogP contribution >= 0.6 is 0 Å². The molecule has 5 heteroatoms. The van der Waals surface area contributed by atoms with Crippen LogP contribution < -0.4 is 15.4 Å². The van der Waals surface area contributed by atoms with Crippen LogP contribution in [0.2, 0.25) is 0 Å². The van der Waals surface area contributed by atoms with Crippen LogP contribution in [0.1, 0.15) is 5.56 Å². The molecule has 0 aliphatic carbocycles. The Labute approximate surface area is 181 Å². The van der Waals surface area contributed by atoms with Crippen molar-refractivity contribution in [2.75, 3.05) is 17.2 Å². The number of hydrogen-bond acceptors (Lipinski definition) is 3. The second kappa shape index (κ2) is 10.1. The molecule has 4 aromatic rings. The number of pyridine rings is 1. The zero-order valence-corrected chi connectivity index (χ0v) is 17.0. The van der Waals surface area contributed by atoms with Gasteiger partial charge in [0, 0.05) is 30.2 Å². The van der Waals surface area contributed by atoms with Gasteiger partial charge in [-0.05, 0) is 53.1 Å². The van der Waals surface area contributed by atoms with E-state index in [9.17, 15) is 4.79 Å². The number of urea groups is 1. The molecule has 0 bridgehead atoms. The normalized spacial score (nSPS) is 10.3. The number of carbonyl (C=O) groups is 1. The van der Waals surface area contributed by atoms with Crippen molar-refractivity contribution in [2.24, 2.45) is 0 Å². The molecule has 1 aromatic heterocycles. The van der Waals surface area contributed by atoms with Crippen molar-refractivity contribution in [3.05, 3.63) is 109 Å². The summed E-state index contributed by atoms with van der Waals surface area (Å²) < 4.78 is 5.92. The van der Waals surface area contributed by atoms with Crippen LogP contribution in [0.15, 0.2) is 103 Å². The quantitative estimate of drug-likeness (QED) is 0.393. The largest absolute Gasteiger partial charge is 0.493 e. The Balaban J connectivity index is 1.30. The molecule has 5 nitrogen and oxygen atoms in total. The van der Waals surface area contributed by atoms with Crippen LogP contribution in [0.5, 0.6) is 5.75 Å². The van der Waals surface area contributed by atoms with Gasteiger partial charge in [0.2, 0.25) is 0 Å². The number of nitrogens with one attached hydrogen (secondary N) is 2. The molecule has 0 unspecified atom stereocenters. The minimum atomic E-state index is -0.308. The topological polar surface area (TPSA) is 63.2 Å². The first kappa shape index (κ1) is 20.2. The second-order valence-corrected chi connectivity index (χ2v) is 6.96. The molecule has 0 atom stereocenters. The Bertz CT molecular complexity index is 1110. The molecule has 4 rings (SSSR count). The van der Waals surface area contributed by atoms with E-state index in [1.165, 1.54) is 16.7 Å². The maximum absolute atomic E-state index is 12.1. The Morgan fingerprint density at radius 3 is 2.13 bits per heavy atom. The van der Waals surface area contributed by atoms with E-state index >= 15 is 0 Å². The number of anilines is 2. The van der Waals surface area contributed by atoms with Crippen molar-refractivity contribution in [1.82, 2.24) is 4.98 Å². The molecule has 0 saturated heterocycles. The summed E-state index contributed by atoms with van der Waals surface area (Å²) in [6, 6.07) is 29.3. The van der Waals surface area contributed by atoms with Crippen LogP contribution in [-0.4, -0.2) is 17.6 Å². The van der Waals surface area contributed by atoms with Crippen LogP contribution in [-0.2, 0) is 6.42 Å². The van der Waals surface area contributed by atoms with Gasteiger partial charge in [-0.1, -0.05) is 54.6 Å². The van der Waals surface area contributed by atoms with Crippen molar-refractivity contribution >= 4 is 17.4 Å². The molecule has 0 aliphatic rings. The maximum atomic E-state index is 12.1. The lowest BCUT2D eigenvalue weighted by molar-refractivity contribution is 0.262. The van der Waals surface area contributed by atoms with E-state index in [0.29, 0.717) is 18.0 Å². The lowest BCUT2D eigenvalue weighted by atomic mass is 9.98. The van der Waals surface area contributed by atoms with E-state index in [1.807, 2.05) is 30.3 Å². The minimum Gasteiger partial charge on any atom is -0.493 e. The molecule has 0 radical (unpaired) electrons. The first-order chi connectivity index (χ1) is 15.3. The minimum absolute atomic E-state index is 0.308. The predicted molar refractivity (Wildman–Crippen MR) is 124 cm³/mol. The summed E-state index contributed by atoms with van der Waals surface area (Å²) in [5.74, 6) is 0.761. The summed E-state index contributed by atoms with van der Waals surface area (Å²) in [7, 11) is 0. The number of benzene rings is 3. The van der Waals surface area contributed by atoms with Crippen LogP contribution in [0.4, 0.5) is 16.2 Å². The Morgan fingerprint density at radius 1 is 0.742 bits per heavy atom. The summed E-state index contributed by atoms with van der Waals surface area (Å²) in [6.07, 6.45) is 4.05. The number of hydrogen-bond donors (Lipinski definition) is 2. The summed E-state index contributed by atoms with van der Waals surface area (Å²) in [6.45, 7) is 0.569. The first-order valence-corrected chi connectivity index (χ1v) is 10.1. The zero-order valence-electron chi connectivity index (χ0n) is 17.0. The average Bonchev–Trinajstić information content (AvgIpc) is 2.82. The Kier molecular flexibility index (Phi) is 6.55. The lowest BCUT2D eigenvalue weighted by Gasteiger charge is -2.12. The third kappa shape index (κ3) is 5.70. The fourth-order valence-electron chi connectivity index (χ4n) is 3.28. The number of ether oxygens (including phenoxy) is 1. The van der Waals surface area contributed by atoms with Gasteiger partial charge in [-0.2, -0.15) is 0 Å². The van der Waals surface area contributed by atoms with Gasteiger partial charge in [-0.3, -0.25) is 4.98 Å². The highest BCUT2D eigenvalue weighted by Gasteiger charge is 2.06. The number of aromatic nitrogens is 1. The van der Waals surface area contributed by atoms with Crippen LogP contribution in [0, 0.1) is 0 Å².